The molecule has 0 radical (unpaired) electrons. The molecule has 0 spiro atoms. The van der Waals surface area contributed by atoms with E-state index in [9.17, 15) is 4.79 Å². The van der Waals surface area contributed by atoms with E-state index in [1.807, 2.05) is 44.2 Å². The zero-order valence-electron chi connectivity index (χ0n) is 12.4. The SMILES string of the molecule is CCOc1ccc(C(=O)OC(CC)c2ccccc2)cc1. The van der Waals surface area contributed by atoms with Gasteiger partial charge in [0.05, 0.1) is 12.2 Å². The Morgan fingerprint density at radius 2 is 1.67 bits per heavy atom. The predicted octanol–water partition coefficient (Wildman–Crippen LogP) is 4.39. The maximum Gasteiger partial charge on any atom is 0.338 e. The Morgan fingerprint density at radius 3 is 2.24 bits per heavy atom. The van der Waals surface area contributed by atoms with Crippen LogP contribution < -0.4 is 4.74 Å². The lowest BCUT2D eigenvalue weighted by Crippen LogP contribution is -2.11. The highest BCUT2D eigenvalue weighted by Crippen LogP contribution is 2.22. The summed E-state index contributed by atoms with van der Waals surface area (Å²) in [5.41, 5.74) is 1.55. The summed E-state index contributed by atoms with van der Waals surface area (Å²) in [4.78, 5) is 12.2. The van der Waals surface area contributed by atoms with Gasteiger partial charge in [-0.1, -0.05) is 37.3 Å². The average molecular weight is 284 g/mol. The molecule has 1 atom stereocenters. The molecule has 0 saturated carbocycles. The third-order valence-electron chi connectivity index (χ3n) is 3.19. The fourth-order valence-electron chi connectivity index (χ4n) is 2.11. The smallest absolute Gasteiger partial charge is 0.338 e. The minimum atomic E-state index is -0.311. The van der Waals surface area contributed by atoms with Gasteiger partial charge >= 0.3 is 5.97 Å². The van der Waals surface area contributed by atoms with Crippen molar-refractivity contribution in [3.05, 3.63) is 65.7 Å². The van der Waals surface area contributed by atoms with Crippen LogP contribution in [0.4, 0.5) is 0 Å². The minimum Gasteiger partial charge on any atom is -0.494 e. The Labute approximate surface area is 125 Å². The molecule has 110 valence electrons. The second kappa shape index (κ2) is 7.48. The highest BCUT2D eigenvalue weighted by atomic mass is 16.5. The van der Waals surface area contributed by atoms with Crippen molar-refractivity contribution in [3.63, 3.8) is 0 Å². The van der Waals surface area contributed by atoms with E-state index in [0.29, 0.717) is 12.2 Å². The number of hydrogen-bond donors (Lipinski definition) is 0. The van der Waals surface area contributed by atoms with Crippen molar-refractivity contribution in [2.45, 2.75) is 26.4 Å². The lowest BCUT2D eigenvalue weighted by molar-refractivity contribution is 0.0288. The first-order valence-electron chi connectivity index (χ1n) is 7.23. The Hall–Kier alpha value is -2.29. The van der Waals surface area contributed by atoms with E-state index in [0.717, 1.165) is 17.7 Å². The van der Waals surface area contributed by atoms with Crippen molar-refractivity contribution in [2.75, 3.05) is 6.61 Å². The van der Waals surface area contributed by atoms with Crippen molar-refractivity contribution in [1.29, 1.82) is 0 Å². The van der Waals surface area contributed by atoms with Crippen LogP contribution in [0.25, 0.3) is 0 Å². The standard InChI is InChI=1S/C18H20O3/c1-3-17(14-8-6-5-7-9-14)21-18(19)15-10-12-16(13-11-15)20-4-2/h5-13,17H,3-4H2,1-2H3. The van der Waals surface area contributed by atoms with Gasteiger partial charge in [-0.15, -0.1) is 0 Å². The van der Waals surface area contributed by atoms with Crippen LogP contribution in [-0.4, -0.2) is 12.6 Å². The van der Waals surface area contributed by atoms with Gasteiger partial charge in [-0.3, -0.25) is 0 Å². The number of esters is 1. The maximum atomic E-state index is 12.2. The highest BCUT2D eigenvalue weighted by Gasteiger charge is 2.16. The van der Waals surface area contributed by atoms with Crippen molar-refractivity contribution in [2.24, 2.45) is 0 Å². The van der Waals surface area contributed by atoms with E-state index in [2.05, 4.69) is 0 Å². The molecule has 0 amide bonds. The van der Waals surface area contributed by atoms with Crippen LogP contribution in [0.3, 0.4) is 0 Å². The number of hydrogen-bond acceptors (Lipinski definition) is 3. The number of rotatable bonds is 6. The van der Waals surface area contributed by atoms with Crippen LogP contribution in [0.15, 0.2) is 54.6 Å². The lowest BCUT2D eigenvalue weighted by Gasteiger charge is -2.16. The first kappa shape index (κ1) is 15.1. The van der Waals surface area contributed by atoms with Gasteiger partial charge in [0.25, 0.3) is 0 Å². The Kier molecular flexibility index (Phi) is 5.38. The van der Waals surface area contributed by atoms with Gasteiger partial charge in [-0.05, 0) is 43.2 Å². The molecule has 0 N–H and O–H groups in total. The molecule has 0 fully saturated rings. The average Bonchev–Trinajstić information content (AvgIpc) is 2.54. The molecule has 1 unspecified atom stereocenters. The highest BCUT2D eigenvalue weighted by molar-refractivity contribution is 5.89. The molecule has 0 aliphatic heterocycles. The lowest BCUT2D eigenvalue weighted by atomic mass is 10.1. The third kappa shape index (κ3) is 4.09. The molecule has 0 aliphatic carbocycles. The first-order chi connectivity index (χ1) is 10.2. The summed E-state index contributed by atoms with van der Waals surface area (Å²) in [7, 11) is 0. The van der Waals surface area contributed by atoms with Gasteiger partial charge in [-0.2, -0.15) is 0 Å². The molecule has 2 rings (SSSR count). The number of ether oxygens (including phenoxy) is 2. The van der Waals surface area contributed by atoms with Crippen molar-refractivity contribution in [3.8, 4) is 5.75 Å². The Morgan fingerprint density at radius 1 is 1.00 bits per heavy atom. The zero-order chi connectivity index (χ0) is 15.1. The molecule has 0 saturated heterocycles. The second-order valence-corrected chi connectivity index (χ2v) is 4.67. The molecule has 0 aromatic heterocycles. The minimum absolute atomic E-state index is 0.217. The van der Waals surface area contributed by atoms with E-state index in [-0.39, 0.29) is 12.1 Å². The summed E-state index contributed by atoms with van der Waals surface area (Å²) in [5.74, 6) is 0.443. The topological polar surface area (TPSA) is 35.5 Å². The van der Waals surface area contributed by atoms with Gasteiger partial charge in [0.15, 0.2) is 0 Å². The van der Waals surface area contributed by atoms with Gasteiger partial charge in [0.1, 0.15) is 11.9 Å². The van der Waals surface area contributed by atoms with Crippen LogP contribution in [0, 0.1) is 0 Å². The summed E-state index contributed by atoms with van der Waals surface area (Å²) in [6.45, 7) is 4.53. The molecular weight excluding hydrogens is 264 g/mol. The van der Waals surface area contributed by atoms with Crippen LogP contribution in [-0.2, 0) is 4.74 Å². The summed E-state index contributed by atoms with van der Waals surface area (Å²) >= 11 is 0. The van der Waals surface area contributed by atoms with Gasteiger partial charge in [-0.25, -0.2) is 4.79 Å². The number of carbonyl (C=O) groups is 1. The molecule has 0 aliphatic rings. The normalized spacial score (nSPS) is 11.7. The zero-order valence-corrected chi connectivity index (χ0v) is 12.4. The van der Waals surface area contributed by atoms with E-state index < -0.39 is 0 Å². The monoisotopic (exact) mass is 284 g/mol. The fraction of sp³-hybridized carbons (Fsp3) is 0.278. The van der Waals surface area contributed by atoms with Crippen molar-refractivity contribution < 1.29 is 14.3 Å². The van der Waals surface area contributed by atoms with Crippen LogP contribution in [0.5, 0.6) is 5.75 Å². The fourth-order valence-corrected chi connectivity index (χ4v) is 2.11. The maximum absolute atomic E-state index is 12.2. The van der Waals surface area contributed by atoms with Crippen LogP contribution >= 0.6 is 0 Å². The third-order valence-corrected chi connectivity index (χ3v) is 3.19. The first-order valence-corrected chi connectivity index (χ1v) is 7.23. The Balaban J connectivity index is 2.05. The van der Waals surface area contributed by atoms with Crippen molar-refractivity contribution in [1.82, 2.24) is 0 Å². The van der Waals surface area contributed by atoms with Crippen molar-refractivity contribution >= 4 is 5.97 Å². The molecule has 21 heavy (non-hydrogen) atoms. The van der Waals surface area contributed by atoms with Gasteiger partial charge in [0, 0.05) is 0 Å². The quantitative estimate of drug-likeness (QED) is 0.738. The second-order valence-electron chi connectivity index (χ2n) is 4.67. The molecular formula is C18H20O3. The molecule has 2 aromatic carbocycles. The molecule has 2 aromatic rings. The molecule has 0 bridgehead atoms. The van der Waals surface area contributed by atoms with Gasteiger partial charge in [0.2, 0.25) is 0 Å². The molecule has 3 nitrogen and oxygen atoms in total. The molecule has 3 heteroatoms. The summed E-state index contributed by atoms with van der Waals surface area (Å²) in [5, 5.41) is 0. The van der Waals surface area contributed by atoms with Crippen LogP contribution in [0.2, 0.25) is 0 Å². The summed E-state index contributed by atoms with van der Waals surface area (Å²) in [6, 6.07) is 16.8. The number of carbonyl (C=O) groups excluding carboxylic acids is 1. The van der Waals surface area contributed by atoms with Crippen LogP contribution in [0.1, 0.15) is 42.3 Å². The summed E-state index contributed by atoms with van der Waals surface area (Å²) in [6.07, 6.45) is 0.525. The van der Waals surface area contributed by atoms with E-state index in [1.54, 1.807) is 24.3 Å². The summed E-state index contributed by atoms with van der Waals surface area (Å²) < 4.78 is 11.0. The van der Waals surface area contributed by atoms with E-state index in [4.69, 9.17) is 9.47 Å². The Bertz CT molecular complexity index is 561. The van der Waals surface area contributed by atoms with E-state index >= 15 is 0 Å². The number of benzene rings is 2. The van der Waals surface area contributed by atoms with E-state index in [1.165, 1.54) is 0 Å². The predicted molar refractivity (Wildman–Crippen MR) is 82.5 cm³/mol. The largest absolute Gasteiger partial charge is 0.494 e. The molecule has 0 heterocycles. The van der Waals surface area contributed by atoms with Gasteiger partial charge < -0.3 is 9.47 Å².